The second-order valence-corrected chi connectivity index (χ2v) is 21.2. The highest BCUT2D eigenvalue weighted by Crippen LogP contribution is 2.34. The van der Waals surface area contributed by atoms with Crippen molar-refractivity contribution in [2.24, 2.45) is 0 Å². The zero-order valence-electron chi connectivity index (χ0n) is 40.6. The Bertz CT molecular complexity index is 1360. The van der Waals surface area contributed by atoms with Crippen LogP contribution >= 0.6 is 0 Å². The van der Waals surface area contributed by atoms with Crippen molar-refractivity contribution in [3.05, 3.63) is 70.8 Å². The fourth-order valence-corrected chi connectivity index (χ4v) is 6.94. The van der Waals surface area contributed by atoms with E-state index in [1.54, 1.807) is 0 Å². The summed E-state index contributed by atoms with van der Waals surface area (Å²) < 4.78 is 22.9. The molecule has 2 rings (SSSR count). The summed E-state index contributed by atoms with van der Waals surface area (Å²) in [7, 11) is 0. The van der Waals surface area contributed by atoms with Crippen LogP contribution in [-0.4, -0.2) is 38.4 Å². The first-order chi connectivity index (χ1) is 28.2. The number of esters is 2. The number of ether oxygens (including phenoxy) is 4. The Labute approximate surface area is 368 Å². The van der Waals surface area contributed by atoms with Gasteiger partial charge in [0.25, 0.3) is 0 Å². The summed E-state index contributed by atoms with van der Waals surface area (Å²) in [5.41, 5.74) is 5.69. The first kappa shape index (κ1) is 52.9. The van der Waals surface area contributed by atoms with E-state index in [1.807, 2.05) is 0 Å². The van der Waals surface area contributed by atoms with Crippen LogP contribution < -0.4 is 9.47 Å². The van der Waals surface area contributed by atoms with E-state index in [0.29, 0.717) is 13.2 Å². The Kier molecular flexibility index (Phi) is 23.7. The molecular weight excluding hydrogens is 745 g/mol. The normalized spacial score (nSPS) is 12.5. The number of carbonyl (C=O) groups excluding carboxylic acids is 2. The third kappa shape index (κ3) is 23.6. The zero-order valence-corrected chi connectivity index (χ0v) is 40.6. The molecule has 0 saturated carbocycles. The van der Waals surface area contributed by atoms with Crippen molar-refractivity contribution < 1.29 is 28.5 Å². The lowest BCUT2D eigenvalue weighted by Gasteiger charge is -2.26. The molecule has 60 heavy (non-hydrogen) atoms. The lowest BCUT2D eigenvalue weighted by molar-refractivity contribution is -0.140. The maximum atomic E-state index is 12.0. The molecule has 0 aliphatic carbocycles. The predicted molar refractivity (Wildman–Crippen MR) is 253 cm³/mol. The van der Waals surface area contributed by atoms with Crippen LogP contribution in [0, 0.1) is 0 Å². The minimum Gasteiger partial charge on any atom is -0.494 e. The Morgan fingerprint density at radius 3 is 0.800 bits per heavy atom. The molecule has 0 spiro atoms. The zero-order chi connectivity index (χ0) is 44.7. The molecule has 0 saturated heterocycles. The van der Waals surface area contributed by atoms with Gasteiger partial charge in [0.05, 0.1) is 26.4 Å². The maximum Gasteiger partial charge on any atom is 0.331 e. The summed E-state index contributed by atoms with van der Waals surface area (Å²) in [5.74, 6) is 1.02. The Hall–Kier alpha value is -3.28. The van der Waals surface area contributed by atoms with E-state index in [1.165, 1.54) is 98.6 Å². The van der Waals surface area contributed by atoms with Crippen molar-refractivity contribution in [3.8, 4) is 11.5 Å². The predicted octanol–water partition coefficient (Wildman–Crippen LogP) is 15.0. The smallest absolute Gasteiger partial charge is 0.331 e. The number of hydrogen-bond donors (Lipinski definition) is 0. The first-order valence-electron chi connectivity index (χ1n) is 23.8. The topological polar surface area (TPSA) is 71.1 Å². The highest BCUT2D eigenvalue weighted by molar-refractivity contribution is 5.91. The number of benzene rings is 2. The van der Waals surface area contributed by atoms with Gasteiger partial charge in [-0.2, -0.15) is 0 Å². The van der Waals surface area contributed by atoms with Crippen molar-refractivity contribution in [2.75, 3.05) is 26.4 Å². The van der Waals surface area contributed by atoms with Crippen LogP contribution in [0.4, 0.5) is 0 Å². The Balaban J connectivity index is 1.38. The van der Waals surface area contributed by atoms with E-state index in [0.717, 1.165) is 76.1 Å². The van der Waals surface area contributed by atoms with Crippen molar-refractivity contribution in [1.29, 1.82) is 0 Å². The molecule has 2 aromatic carbocycles. The fraction of sp³-hybridized carbons (Fsp3) is 0.704. The van der Waals surface area contributed by atoms with E-state index >= 15 is 0 Å². The van der Waals surface area contributed by atoms with E-state index in [-0.39, 0.29) is 21.7 Å². The molecule has 2 aromatic rings. The molecule has 0 aliphatic heterocycles. The summed E-state index contributed by atoms with van der Waals surface area (Å²) in [6.07, 6.45) is 22.8. The Morgan fingerprint density at radius 2 is 0.567 bits per heavy atom. The third-order valence-electron chi connectivity index (χ3n) is 11.2. The van der Waals surface area contributed by atoms with Gasteiger partial charge in [-0.15, -0.1) is 0 Å². The molecule has 0 amide bonds. The molecule has 0 atom stereocenters. The molecule has 0 bridgehead atoms. The van der Waals surface area contributed by atoms with Gasteiger partial charge in [-0.05, 0) is 93.9 Å². The summed E-state index contributed by atoms with van der Waals surface area (Å²) >= 11 is 0. The van der Waals surface area contributed by atoms with E-state index in [4.69, 9.17) is 18.9 Å². The first-order valence-corrected chi connectivity index (χ1v) is 23.8. The molecule has 0 aromatic heterocycles. The molecule has 0 unspecified atom stereocenters. The van der Waals surface area contributed by atoms with Crippen molar-refractivity contribution >= 4 is 11.9 Å². The van der Waals surface area contributed by atoms with E-state index in [9.17, 15) is 9.59 Å². The largest absolute Gasteiger partial charge is 0.494 e. The van der Waals surface area contributed by atoms with Crippen LogP contribution in [0.2, 0.25) is 0 Å². The molecule has 6 heteroatoms. The molecule has 6 nitrogen and oxygen atoms in total. The van der Waals surface area contributed by atoms with Crippen LogP contribution in [0.5, 0.6) is 11.5 Å². The van der Waals surface area contributed by atoms with E-state index < -0.39 is 11.9 Å². The monoisotopic (exact) mass is 833 g/mol. The lowest BCUT2D eigenvalue weighted by Crippen LogP contribution is -2.16. The average Bonchev–Trinajstić information content (AvgIpc) is 3.16. The van der Waals surface area contributed by atoms with Gasteiger partial charge in [0, 0.05) is 12.2 Å². The highest BCUT2D eigenvalue weighted by Gasteiger charge is 2.22. The minimum absolute atomic E-state index is 0.0943. The highest BCUT2D eigenvalue weighted by atomic mass is 16.5. The standard InChI is InChI=1S/C54H88O6/c1-51(2,3)43-37-44(52(4,5)6)40-47(39-43)57-33-27-23-19-15-13-17-21-25-29-35-59-49(55)31-32-50(56)60-36-30-26-22-18-14-16-20-24-28-34-58-48-41-45(53(7,8)9)38-46(42-48)54(10,11)12/h31-32,37-42H,13-30,33-36H2,1-12H3/b32-31+. The lowest BCUT2D eigenvalue weighted by atomic mass is 9.80. The van der Waals surface area contributed by atoms with Gasteiger partial charge in [0.15, 0.2) is 0 Å². The fourth-order valence-electron chi connectivity index (χ4n) is 6.94. The summed E-state index contributed by atoms with van der Waals surface area (Å²) in [6, 6.07) is 13.5. The summed E-state index contributed by atoms with van der Waals surface area (Å²) in [5, 5.41) is 0. The van der Waals surface area contributed by atoms with Crippen LogP contribution in [0.15, 0.2) is 48.6 Å². The number of carbonyl (C=O) groups is 2. The molecule has 0 radical (unpaired) electrons. The van der Waals surface area contributed by atoms with Gasteiger partial charge in [-0.25, -0.2) is 9.59 Å². The van der Waals surface area contributed by atoms with Crippen LogP contribution in [0.1, 0.15) is 221 Å². The Morgan fingerprint density at radius 1 is 0.350 bits per heavy atom. The van der Waals surface area contributed by atoms with Crippen molar-refractivity contribution in [2.45, 2.75) is 220 Å². The van der Waals surface area contributed by atoms with Crippen molar-refractivity contribution in [3.63, 3.8) is 0 Å². The SMILES string of the molecule is CC(C)(C)c1cc(OCCCCCCCCCCCOC(=O)/C=C/C(=O)OCCCCCCCCCCCOc2cc(C(C)(C)C)cc(C(C)(C)C)c2)cc(C(C)(C)C)c1. The number of rotatable bonds is 28. The maximum absolute atomic E-state index is 12.0. The van der Waals surface area contributed by atoms with Gasteiger partial charge in [0.2, 0.25) is 0 Å². The van der Waals surface area contributed by atoms with Gasteiger partial charge in [-0.1, -0.05) is 185 Å². The van der Waals surface area contributed by atoms with Crippen LogP contribution in [0.25, 0.3) is 0 Å². The van der Waals surface area contributed by atoms with Gasteiger partial charge < -0.3 is 18.9 Å². The molecule has 0 aliphatic rings. The molecular formula is C54H88O6. The molecule has 0 fully saturated rings. The van der Waals surface area contributed by atoms with E-state index in [2.05, 4.69) is 119 Å². The quantitative estimate of drug-likeness (QED) is 0.0483. The second-order valence-electron chi connectivity index (χ2n) is 21.2. The number of hydrogen-bond acceptors (Lipinski definition) is 6. The molecule has 340 valence electrons. The summed E-state index contributed by atoms with van der Waals surface area (Å²) in [6.45, 7) is 29.4. The molecule has 0 heterocycles. The van der Waals surface area contributed by atoms with Crippen LogP contribution in [0.3, 0.4) is 0 Å². The molecule has 0 N–H and O–H groups in total. The van der Waals surface area contributed by atoms with Crippen LogP contribution in [-0.2, 0) is 40.7 Å². The minimum atomic E-state index is -0.486. The third-order valence-corrected chi connectivity index (χ3v) is 11.2. The van der Waals surface area contributed by atoms with Gasteiger partial charge >= 0.3 is 11.9 Å². The van der Waals surface area contributed by atoms with Crippen molar-refractivity contribution in [1.82, 2.24) is 0 Å². The second kappa shape index (κ2) is 26.9. The number of unbranched alkanes of at least 4 members (excludes halogenated alkanes) is 16. The van der Waals surface area contributed by atoms with Gasteiger partial charge in [-0.3, -0.25) is 0 Å². The van der Waals surface area contributed by atoms with Gasteiger partial charge in [0.1, 0.15) is 11.5 Å². The summed E-state index contributed by atoms with van der Waals surface area (Å²) in [4.78, 5) is 24.0. The average molecular weight is 833 g/mol.